The zero-order chi connectivity index (χ0) is 18.4. The molecule has 1 heterocycles. The Hall–Kier alpha value is -1.99. The van der Waals surface area contributed by atoms with E-state index in [-0.39, 0.29) is 30.7 Å². The topological polar surface area (TPSA) is 85.9 Å². The van der Waals surface area contributed by atoms with Crippen LogP contribution in [0.25, 0.3) is 0 Å². The minimum atomic E-state index is -0.491. The van der Waals surface area contributed by atoms with Crippen LogP contribution in [-0.4, -0.2) is 46.3 Å². The quantitative estimate of drug-likeness (QED) is 0.661. The molecule has 2 atom stereocenters. The molecule has 1 amide bonds. The summed E-state index contributed by atoms with van der Waals surface area (Å²) in [6, 6.07) is 4.84. The van der Waals surface area contributed by atoms with Crippen LogP contribution in [0, 0.1) is 11.8 Å². The zero-order valence-electron chi connectivity index (χ0n) is 15.5. The van der Waals surface area contributed by atoms with Crippen LogP contribution in [-0.2, 0) is 14.3 Å². The Morgan fingerprint density at radius 1 is 1.19 bits per heavy atom. The number of rotatable bonds is 8. The summed E-state index contributed by atoms with van der Waals surface area (Å²) in [4.78, 5) is 24.3. The molecule has 2 N–H and O–H groups in total. The van der Waals surface area contributed by atoms with E-state index in [1.807, 2.05) is 13.0 Å². The highest BCUT2D eigenvalue weighted by molar-refractivity contribution is 5.85. The van der Waals surface area contributed by atoms with E-state index in [2.05, 4.69) is 10.6 Å². The predicted molar refractivity (Wildman–Crippen MR) is 99.8 cm³/mol. The van der Waals surface area contributed by atoms with Crippen LogP contribution in [0.15, 0.2) is 18.2 Å². The smallest absolute Gasteiger partial charge is 0.307 e. The molecule has 0 aromatic heterocycles. The van der Waals surface area contributed by atoms with E-state index < -0.39 is 12.0 Å². The van der Waals surface area contributed by atoms with Gasteiger partial charge in [-0.3, -0.25) is 9.59 Å². The zero-order valence-corrected chi connectivity index (χ0v) is 16.4. The van der Waals surface area contributed by atoms with Crippen molar-refractivity contribution in [1.82, 2.24) is 10.6 Å². The first-order chi connectivity index (χ1) is 12.0. The van der Waals surface area contributed by atoms with Crippen LogP contribution in [0.2, 0.25) is 0 Å². The van der Waals surface area contributed by atoms with Crippen LogP contribution in [0.3, 0.4) is 0 Å². The van der Waals surface area contributed by atoms with E-state index in [4.69, 9.17) is 14.2 Å². The highest BCUT2D eigenvalue weighted by Gasteiger charge is 2.30. The molecule has 0 aliphatic carbocycles. The summed E-state index contributed by atoms with van der Waals surface area (Å²) in [7, 11) is 4.43. The molecule has 2 unspecified atom stereocenters. The van der Waals surface area contributed by atoms with Gasteiger partial charge in [-0.1, -0.05) is 13.0 Å². The van der Waals surface area contributed by atoms with E-state index >= 15 is 0 Å². The number of hydrogen-bond donors (Lipinski definition) is 2. The number of amides is 1. The normalized spacial score (nSPS) is 15.7. The maximum Gasteiger partial charge on any atom is 0.307 e. The molecule has 2 rings (SSSR count). The first kappa shape index (κ1) is 22.1. The number of ether oxygens (including phenoxy) is 3. The molecule has 7 nitrogen and oxygen atoms in total. The van der Waals surface area contributed by atoms with Crippen LogP contribution in [0.1, 0.15) is 24.9 Å². The maximum absolute atomic E-state index is 12.6. The molecule has 1 aliphatic rings. The van der Waals surface area contributed by atoms with Crippen molar-refractivity contribution in [3.05, 3.63) is 23.8 Å². The molecule has 1 aliphatic heterocycles. The van der Waals surface area contributed by atoms with Gasteiger partial charge in [0.25, 0.3) is 0 Å². The molecule has 1 aromatic rings. The van der Waals surface area contributed by atoms with Gasteiger partial charge >= 0.3 is 5.97 Å². The Balaban J connectivity index is 0.00000338. The van der Waals surface area contributed by atoms with Crippen LogP contribution < -0.4 is 20.1 Å². The van der Waals surface area contributed by atoms with Crippen LogP contribution >= 0.6 is 12.4 Å². The Bertz CT molecular complexity index is 622. The van der Waals surface area contributed by atoms with E-state index in [1.54, 1.807) is 26.4 Å². The Labute approximate surface area is 160 Å². The van der Waals surface area contributed by atoms with Crippen molar-refractivity contribution in [2.45, 2.75) is 19.4 Å². The molecule has 1 aromatic carbocycles. The van der Waals surface area contributed by atoms with Gasteiger partial charge < -0.3 is 24.8 Å². The van der Waals surface area contributed by atoms with Gasteiger partial charge in [-0.2, -0.15) is 0 Å². The lowest BCUT2D eigenvalue weighted by Crippen LogP contribution is -2.50. The first-order valence-electron chi connectivity index (χ1n) is 8.30. The summed E-state index contributed by atoms with van der Waals surface area (Å²) in [5.74, 6) is 0.864. The van der Waals surface area contributed by atoms with Crippen molar-refractivity contribution >= 4 is 24.3 Å². The Kier molecular flexibility index (Phi) is 8.68. The van der Waals surface area contributed by atoms with Gasteiger partial charge in [0, 0.05) is 5.92 Å². The Morgan fingerprint density at radius 3 is 2.35 bits per heavy atom. The molecule has 1 saturated heterocycles. The number of halogens is 1. The molecule has 146 valence electrons. The minimum Gasteiger partial charge on any atom is -0.493 e. The second-order valence-electron chi connectivity index (χ2n) is 6.16. The average Bonchev–Trinajstić information content (AvgIpc) is 2.58. The van der Waals surface area contributed by atoms with E-state index in [0.29, 0.717) is 17.4 Å². The number of hydrogen-bond acceptors (Lipinski definition) is 6. The minimum absolute atomic E-state index is 0. The number of carbonyl (C=O) groups excluding carboxylic acids is 2. The van der Waals surface area contributed by atoms with Crippen molar-refractivity contribution < 1.29 is 23.8 Å². The fraction of sp³-hybridized carbons (Fsp3) is 0.556. The lowest BCUT2D eigenvalue weighted by atomic mass is 9.88. The fourth-order valence-electron chi connectivity index (χ4n) is 2.75. The highest BCUT2D eigenvalue weighted by atomic mass is 35.5. The Morgan fingerprint density at radius 2 is 1.85 bits per heavy atom. The molecule has 8 heteroatoms. The van der Waals surface area contributed by atoms with E-state index in [0.717, 1.165) is 18.7 Å². The second kappa shape index (κ2) is 10.2. The average molecular weight is 387 g/mol. The van der Waals surface area contributed by atoms with E-state index in [9.17, 15) is 9.59 Å². The molecular weight excluding hydrogens is 360 g/mol. The van der Waals surface area contributed by atoms with E-state index in [1.165, 1.54) is 7.11 Å². The van der Waals surface area contributed by atoms with Gasteiger partial charge in [0.05, 0.1) is 33.8 Å². The van der Waals surface area contributed by atoms with Crippen molar-refractivity contribution in [3.8, 4) is 11.5 Å². The number of nitrogens with one attached hydrogen (secondary N) is 2. The maximum atomic E-state index is 12.6. The highest BCUT2D eigenvalue weighted by Crippen LogP contribution is 2.31. The third-order valence-electron chi connectivity index (χ3n) is 4.66. The summed E-state index contributed by atoms with van der Waals surface area (Å²) in [5, 5.41) is 6.14. The molecule has 0 bridgehead atoms. The second-order valence-corrected chi connectivity index (χ2v) is 6.16. The van der Waals surface area contributed by atoms with Crippen molar-refractivity contribution in [2.24, 2.45) is 11.8 Å². The van der Waals surface area contributed by atoms with Gasteiger partial charge in [0.15, 0.2) is 11.5 Å². The number of methoxy groups -OCH3 is 3. The molecule has 1 fully saturated rings. The van der Waals surface area contributed by atoms with Crippen LogP contribution in [0.5, 0.6) is 11.5 Å². The SMILES string of the molecule is COC(=O)CC(NC(=O)C(C)C1CNC1)c1ccc(OC)c(OC)c1.Cl. The molecule has 26 heavy (non-hydrogen) atoms. The number of benzene rings is 1. The number of esters is 1. The van der Waals surface area contributed by atoms with Gasteiger partial charge in [-0.05, 0) is 36.7 Å². The summed E-state index contributed by atoms with van der Waals surface area (Å²) in [6.07, 6.45) is 0.0490. The van der Waals surface area contributed by atoms with Gasteiger partial charge in [0.1, 0.15) is 0 Å². The van der Waals surface area contributed by atoms with Crippen LogP contribution in [0.4, 0.5) is 0 Å². The predicted octanol–water partition coefficient (Wildman–Crippen LogP) is 1.70. The summed E-state index contributed by atoms with van der Waals surface area (Å²) in [5.41, 5.74) is 0.760. The molecular formula is C18H27ClN2O5. The molecule has 0 saturated carbocycles. The number of carbonyl (C=O) groups is 2. The third-order valence-corrected chi connectivity index (χ3v) is 4.66. The molecule has 0 radical (unpaired) electrons. The lowest BCUT2D eigenvalue weighted by Gasteiger charge is -2.32. The standard InChI is InChI=1S/C18H26N2O5.ClH/c1-11(13-9-19-10-13)18(22)20-14(8-17(21)25-4)12-5-6-15(23-2)16(7-12)24-3;/h5-7,11,13-14,19H,8-10H2,1-4H3,(H,20,22);1H. The largest absolute Gasteiger partial charge is 0.493 e. The third kappa shape index (κ3) is 5.25. The molecule has 0 spiro atoms. The summed E-state index contributed by atoms with van der Waals surface area (Å²) >= 11 is 0. The van der Waals surface area contributed by atoms with Gasteiger partial charge in [-0.25, -0.2) is 0 Å². The van der Waals surface area contributed by atoms with Crippen molar-refractivity contribution in [1.29, 1.82) is 0 Å². The summed E-state index contributed by atoms with van der Waals surface area (Å²) in [6.45, 7) is 3.59. The lowest BCUT2D eigenvalue weighted by molar-refractivity contribution is -0.141. The monoisotopic (exact) mass is 386 g/mol. The van der Waals surface area contributed by atoms with Crippen molar-refractivity contribution in [2.75, 3.05) is 34.4 Å². The van der Waals surface area contributed by atoms with Gasteiger partial charge in [0.2, 0.25) is 5.91 Å². The summed E-state index contributed by atoms with van der Waals surface area (Å²) < 4.78 is 15.3. The first-order valence-corrected chi connectivity index (χ1v) is 8.30. The fourth-order valence-corrected chi connectivity index (χ4v) is 2.75. The van der Waals surface area contributed by atoms with Crippen molar-refractivity contribution in [3.63, 3.8) is 0 Å². The van der Waals surface area contributed by atoms with Gasteiger partial charge in [-0.15, -0.1) is 12.4 Å².